The Morgan fingerprint density at radius 3 is 2.64 bits per heavy atom. The molecular weight excluding hydrogens is 205 g/mol. The lowest BCUT2D eigenvalue weighted by molar-refractivity contribution is 0.178. The van der Waals surface area contributed by atoms with Crippen molar-refractivity contribution in [2.45, 2.75) is 26.0 Å². The van der Waals surface area contributed by atoms with Crippen LogP contribution in [0.25, 0.3) is 0 Å². The highest BCUT2D eigenvalue weighted by Gasteiger charge is 2.10. The molecule has 0 aliphatic rings. The van der Waals surface area contributed by atoms with Gasteiger partial charge in [0.05, 0.1) is 16.8 Å². The van der Waals surface area contributed by atoms with Gasteiger partial charge in [0, 0.05) is 6.04 Å². The van der Waals surface area contributed by atoms with Crippen molar-refractivity contribution in [3.05, 3.63) is 29.0 Å². The van der Waals surface area contributed by atoms with Gasteiger partial charge in [-0.2, -0.15) is 0 Å². The van der Waals surface area contributed by atoms with Crippen LogP contribution in [0.5, 0.6) is 0 Å². The van der Waals surface area contributed by atoms with E-state index in [0.29, 0.717) is 10.7 Å². The van der Waals surface area contributed by atoms with E-state index in [2.05, 4.69) is 5.32 Å². The van der Waals surface area contributed by atoms with Gasteiger partial charge in [-0.25, -0.2) is 4.39 Å². The van der Waals surface area contributed by atoms with Crippen molar-refractivity contribution in [2.24, 2.45) is 0 Å². The fraction of sp³-hybridized carbons (Fsp3) is 0.400. The summed E-state index contributed by atoms with van der Waals surface area (Å²) in [6.07, 6.45) is -0.519. The average molecular weight is 218 g/mol. The van der Waals surface area contributed by atoms with Gasteiger partial charge in [0.2, 0.25) is 0 Å². The maximum Gasteiger partial charge on any atom is 0.125 e. The lowest BCUT2D eigenvalue weighted by atomic mass is 10.2. The summed E-state index contributed by atoms with van der Waals surface area (Å²) in [6.45, 7) is 3.46. The minimum atomic E-state index is -0.519. The third-order valence-electron chi connectivity index (χ3n) is 2.04. The van der Waals surface area contributed by atoms with E-state index < -0.39 is 6.10 Å². The van der Waals surface area contributed by atoms with Crippen molar-refractivity contribution >= 4 is 17.3 Å². The Balaban J connectivity index is 2.80. The van der Waals surface area contributed by atoms with Crippen molar-refractivity contribution in [3.8, 4) is 0 Å². The van der Waals surface area contributed by atoms with E-state index in [0.717, 1.165) is 0 Å². The number of nitrogens with one attached hydrogen (secondary N) is 1. The zero-order valence-electron chi connectivity index (χ0n) is 8.09. The fourth-order valence-electron chi connectivity index (χ4n) is 0.974. The van der Waals surface area contributed by atoms with Crippen LogP contribution < -0.4 is 5.32 Å². The quantitative estimate of drug-likeness (QED) is 0.816. The maximum absolute atomic E-state index is 12.8. The number of benzene rings is 1. The van der Waals surface area contributed by atoms with Crippen molar-refractivity contribution in [1.29, 1.82) is 0 Å². The van der Waals surface area contributed by atoms with Gasteiger partial charge in [-0.3, -0.25) is 0 Å². The molecule has 0 spiro atoms. The highest BCUT2D eigenvalue weighted by atomic mass is 35.5. The molecule has 0 heterocycles. The number of hydrogen-bond donors (Lipinski definition) is 2. The van der Waals surface area contributed by atoms with Crippen LogP contribution in [0.2, 0.25) is 5.02 Å². The predicted molar refractivity (Wildman–Crippen MR) is 56.2 cm³/mol. The van der Waals surface area contributed by atoms with Gasteiger partial charge in [0.1, 0.15) is 5.82 Å². The number of halogens is 2. The summed E-state index contributed by atoms with van der Waals surface area (Å²) in [4.78, 5) is 0. The first-order chi connectivity index (χ1) is 6.50. The molecule has 4 heteroatoms. The van der Waals surface area contributed by atoms with Gasteiger partial charge in [-0.1, -0.05) is 11.6 Å². The largest absolute Gasteiger partial charge is 0.391 e. The summed E-state index contributed by atoms with van der Waals surface area (Å²) in [5.74, 6) is -0.352. The van der Waals surface area contributed by atoms with Crippen molar-refractivity contribution in [2.75, 3.05) is 5.32 Å². The first-order valence-electron chi connectivity index (χ1n) is 4.40. The Kier molecular flexibility index (Phi) is 3.72. The first-order valence-corrected chi connectivity index (χ1v) is 4.78. The first kappa shape index (κ1) is 11.3. The maximum atomic E-state index is 12.8. The van der Waals surface area contributed by atoms with E-state index in [4.69, 9.17) is 11.6 Å². The Hall–Kier alpha value is -0.800. The predicted octanol–water partition coefficient (Wildman–Crippen LogP) is 2.66. The van der Waals surface area contributed by atoms with Gasteiger partial charge in [0.25, 0.3) is 0 Å². The zero-order chi connectivity index (χ0) is 10.7. The van der Waals surface area contributed by atoms with Gasteiger partial charge >= 0.3 is 0 Å². The molecule has 0 aromatic heterocycles. The van der Waals surface area contributed by atoms with Crippen LogP contribution >= 0.6 is 11.6 Å². The highest BCUT2D eigenvalue weighted by molar-refractivity contribution is 6.33. The Morgan fingerprint density at radius 2 is 2.07 bits per heavy atom. The molecule has 78 valence electrons. The van der Waals surface area contributed by atoms with E-state index in [-0.39, 0.29) is 11.9 Å². The normalized spacial score (nSPS) is 14.9. The van der Waals surface area contributed by atoms with Crippen LogP contribution in [-0.4, -0.2) is 17.3 Å². The van der Waals surface area contributed by atoms with Crippen LogP contribution in [0.4, 0.5) is 10.1 Å². The lowest BCUT2D eigenvalue weighted by Gasteiger charge is -2.18. The second-order valence-electron chi connectivity index (χ2n) is 3.30. The molecule has 2 N–H and O–H groups in total. The summed E-state index contributed by atoms with van der Waals surface area (Å²) in [7, 11) is 0. The van der Waals surface area contributed by atoms with Gasteiger partial charge in [0.15, 0.2) is 0 Å². The molecule has 14 heavy (non-hydrogen) atoms. The van der Waals surface area contributed by atoms with E-state index in [1.54, 1.807) is 13.8 Å². The van der Waals surface area contributed by atoms with Crippen LogP contribution in [0.15, 0.2) is 18.2 Å². The molecule has 0 bridgehead atoms. The second-order valence-corrected chi connectivity index (χ2v) is 3.70. The molecule has 1 aromatic carbocycles. The van der Waals surface area contributed by atoms with Crippen LogP contribution in [0.3, 0.4) is 0 Å². The molecule has 0 aliphatic heterocycles. The summed E-state index contributed by atoms with van der Waals surface area (Å²) in [5, 5.41) is 12.6. The Bertz CT molecular complexity index is 317. The summed E-state index contributed by atoms with van der Waals surface area (Å²) < 4.78 is 12.8. The second kappa shape index (κ2) is 4.62. The SMILES string of the molecule is CC(O)C(C)Nc1cc(F)ccc1Cl. The van der Waals surface area contributed by atoms with E-state index in [9.17, 15) is 9.50 Å². The Labute approximate surface area is 87.7 Å². The molecule has 0 aliphatic carbocycles. The van der Waals surface area contributed by atoms with E-state index in [1.807, 2.05) is 0 Å². The molecule has 0 radical (unpaired) electrons. The minimum Gasteiger partial charge on any atom is -0.391 e. The minimum absolute atomic E-state index is 0.172. The van der Waals surface area contributed by atoms with E-state index in [1.165, 1.54) is 18.2 Å². The molecule has 0 amide bonds. The summed E-state index contributed by atoms with van der Waals surface area (Å²) in [6, 6.07) is 3.91. The van der Waals surface area contributed by atoms with Gasteiger partial charge in [-0.15, -0.1) is 0 Å². The molecule has 1 rings (SSSR count). The number of rotatable bonds is 3. The van der Waals surface area contributed by atoms with Crippen molar-refractivity contribution in [1.82, 2.24) is 0 Å². The monoisotopic (exact) mass is 217 g/mol. The van der Waals surface area contributed by atoms with Crippen molar-refractivity contribution in [3.63, 3.8) is 0 Å². The van der Waals surface area contributed by atoms with Crippen LogP contribution in [0, 0.1) is 5.82 Å². The van der Waals surface area contributed by atoms with Crippen LogP contribution in [0.1, 0.15) is 13.8 Å². The third kappa shape index (κ3) is 2.86. The van der Waals surface area contributed by atoms with Gasteiger partial charge in [-0.05, 0) is 32.0 Å². The molecule has 0 saturated heterocycles. The van der Waals surface area contributed by atoms with Crippen molar-refractivity contribution < 1.29 is 9.50 Å². The number of aliphatic hydroxyl groups excluding tert-OH is 1. The lowest BCUT2D eigenvalue weighted by Crippen LogP contribution is -2.27. The number of hydrogen-bond acceptors (Lipinski definition) is 2. The molecule has 1 aromatic rings. The topological polar surface area (TPSA) is 32.3 Å². The standard InChI is InChI=1S/C10H13ClFNO/c1-6(7(2)14)13-10-5-8(12)3-4-9(10)11/h3-7,13-14H,1-2H3. The molecule has 2 nitrogen and oxygen atoms in total. The number of aliphatic hydroxyl groups is 1. The van der Waals surface area contributed by atoms with E-state index >= 15 is 0 Å². The zero-order valence-corrected chi connectivity index (χ0v) is 8.85. The highest BCUT2D eigenvalue weighted by Crippen LogP contribution is 2.23. The van der Waals surface area contributed by atoms with Gasteiger partial charge < -0.3 is 10.4 Å². The molecular formula is C10H13ClFNO. The smallest absolute Gasteiger partial charge is 0.125 e. The van der Waals surface area contributed by atoms with Crippen LogP contribution in [-0.2, 0) is 0 Å². The average Bonchev–Trinajstić information content (AvgIpc) is 2.11. The number of anilines is 1. The molecule has 2 atom stereocenters. The molecule has 0 fully saturated rings. The summed E-state index contributed by atoms with van der Waals surface area (Å²) >= 11 is 5.83. The molecule has 2 unspecified atom stereocenters. The third-order valence-corrected chi connectivity index (χ3v) is 2.36. The fourth-order valence-corrected chi connectivity index (χ4v) is 1.15. The molecule has 0 saturated carbocycles. The Morgan fingerprint density at radius 1 is 1.43 bits per heavy atom. The summed E-state index contributed by atoms with van der Waals surface area (Å²) in [5.41, 5.74) is 0.500.